The highest BCUT2D eigenvalue weighted by molar-refractivity contribution is 6.30. The molecule has 2 aromatic heterocycles. The normalized spacial score (nSPS) is 11.6. The highest BCUT2D eigenvalue weighted by Crippen LogP contribution is 2.42. The number of rotatable bonds is 4. The molecule has 0 atom stereocenters. The zero-order valence-corrected chi connectivity index (χ0v) is 24.2. The lowest BCUT2D eigenvalue weighted by Crippen LogP contribution is -2.00. The quantitative estimate of drug-likeness (QED) is 0.196. The highest BCUT2D eigenvalue weighted by atomic mass is 16.3. The molecule has 0 saturated carbocycles. The van der Waals surface area contributed by atoms with Gasteiger partial charge in [0.2, 0.25) is 0 Å². The summed E-state index contributed by atoms with van der Waals surface area (Å²) in [6.07, 6.45) is 0. The van der Waals surface area contributed by atoms with Crippen LogP contribution in [-0.2, 0) is 0 Å². The first-order valence-electron chi connectivity index (χ1n) is 15.0. The van der Waals surface area contributed by atoms with Crippen LogP contribution in [0.15, 0.2) is 156 Å². The summed E-state index contributed by atoms with van der Waals surface area (Å²) < 4.78 is 6.47. The molecule has 0 saturated heterocycles. The minimum absolute atomic E-state index is 0.638. The summed E-state index contributed by atoms with van der Waals surface area (Å²) in [5, 5.41) is 6.98. The lowest BCUT2D eigenvalue weighted by molar-refractivity contribution is 0.673. The molecule has 9 rings (SSSR count). The largest absolute Gasteiger partial charge is 0.455 e. The van der Waals surface area contributed by atoms with E-state index in [1.165, 1.54) is 16.2 Å². The third-order valence-electron chi connectivity index (χ3n) is 8.50. The van der Waals surface area contributed by atoms with Crippen LogP contribution in [0.4, 0.5) is 0 Å². The van der Waals surface area contributed by atoms with Crippen LogP contribution < -0.4 is 0 Å². The number of nitrogens with zero attached hydrogens (tertiary/aromatic N) is 3. The molecule has 0 unspecified atom stereocenters. The maximum atomic E-state index is 6.47. The Kier molecular flexibility index (Phi) is 5.78. The fourth-order valence-corrected chi connectivity index (χ4v) is 6.36. The van der Waals surface area contributed by atoms with E-state index in [0.717, 1.165) is 55.1 Å². The second-order valence-corrected chi connectivity index (χ2v) is 11.2. The molecular weight excluding hydrogens is 550 g/mol. The Morgan fingerprint density at radius 3 is 1.56 bits per heavy atom. The van der Waals surface area contributed by atoms with E-state index >= 15 is 0 Å². The molecule has 45 heavy (non-hydrogen) atoms. The first-order chi connectivity index (χ1) is 22.3. The zero-order chi connectivity index (χ0) is 29.7. The van der Waals surface area contributed by atoms with E-state index in [1.807, 2.05) is 72.8 Å². The summed E-state index contributed by atoms with van der Waals surface area (Å²) in [4.78, 5) is 14.8. The summed E-state index contributed by atoms with van der Waals surface area (Å²) in [6.45, 7) is 0. The van der Waals surface area contributed by atoms with Crippen molar-refractivity contribution >= 4 is 43.5 Å². The van der Waals surface area contributed by atoms with E-state index in [9.17, 15) is 0 Å². The maximum Gasteiger partial charge on any atom is 0.164 e. The van der Waals surface area contributed by atoms with Crippen molar-refractivity contribution in [3.05, 3.63) is 152 Å². The Balaban J connectivity index is 1.24. The maximum absolute atomic E-state index is 6.47. The molecule has 0 N–H and O–H groups in total. The molecule has 0 bridgehead atoms. The van der Waals surface area contributed by atoms with Crippen molar-refractivity contribution in [2.45, 2.75) is 0 Å². The Hall–Kier alpha value is -6.13. The monoisotopic (exact) mass is 575 g/mol. The average Bonchev–Trinajstić information content (AvgIpc) is 3.52. The van der Waals surface area contributed by atoms with Gasteiger partial charge in [-0.3, -0.25) is 0 Å². The molecule has 0 radical (unpaired) electrons. The standard InChI is InChI=1S/C41H25N3O/c1-3-12-26(13-4-1)39-42-40(27-14-5-2-6-15-27)44-41(43-39)30-17-11-16-28(24-30)29-22-23-32-31-18-7-8-19-33(31)38-37(35(32)25-29)34-20-9-10-21-36(34)45-38/h1-25H. The Bertz CT molecular complexity index is 2480. The number of para-hydroxylation sites is 1. The molecule has 0 aliphatic heterocycles. The van der Waals surface area contributed by atoms with Gasteiger partial charge in [0.05, 0.1) is 0 Å². The topological polar surface area (TPSA) is 51.8 Å². The minimum Gasteiger partial charge on any atom is -0.455 e. The molecule has 0 fully saturated rings. The smallest absolute Gasteiger partial charge is 0.164 e. The number of furan rings is 1. The van der Waals surface area contributed by atoms with Crippen molar-refractivity contribution in [2.75, 3.05) is 0 Å². The van der Waals surface area contributed by atoms with E-state index < -0.39 is 0 Å². The predicted molar refractivity (Wildman–Crippen MR) is 184 cm³/mol. The Morgan fingerprint density at radius 1 is 0.333 bits per heavy atom. The number of aromatic nitrogens is 3. The zero-order valence-electron chi connectivity index (χ0n) is 24.2. The van der Waals surface area contributed by atoms with Gasteiger partial charge < -0.3 is 4.42 Å². The van der Waals surface area contributed by atoms with Crippen LogP contribution in [0.25, 0.3) is 88.8 Å². The first-order valence-corrected chi connectivity index (χ1v) is 15.0. The minimum atomic E-state index is 0.638. The summed E-state index contributed by atoms with van der Waals surface area (Å²) in [6, 6.07) is 52.2. The van der Waals surface area contributed by atoms with Gasteiger partial charge in [-0.25, -0.2) is 15.0 Å². The van der Waals surface area contributed by atoms with Gasteiger partial charge in [0.1, 0.15) is 11.2 Å². The number of hydrogen-bond acceptors (Lipinski definition) is 4. The van der Waals surface area contributed by atoms with Gasteiger partial charge in [0.15, 0.2) is 17.5 Å². The summed E-state index contributed by atoms with van der Waals surface area (Å²) >= 11 is 0. The van der Waals surface area contributed by atoms with Gasteiger partial charge in [-0.05, 0) is 45.5 Å². The fourth-order valence-electron chi connectivity index (χ4n) is 6.36. The van der Waals surface area contributed by atoms with Crippen LogP contribution in [-0.4, -0.2) is 15.0 Å². The van der Waals surface area contributed by atoms with Crippen LogP contribution in [0.2, 0.25) is 0 Å². The second-order valence-electron chi connectivity index (χ2n) is 11.2. The van der Waals surface area contributed by atoms with Crippen molar-refractivity contribution in [1.29, 1.82) is 0 Å². The highest BCUT2D eigenvalue weighted by Gasteiger charge is 2.17. The molecule has 2 heterocycles. The molecule has 7 aromatic carbocycles. The average molecular weight is 576 g/mol. The molecule has 0 aliphatic carbocycles. The fraction of sp³-hybridized carbons (Fsp3) is 0. The SMILES string of the molecule is c1ccc(-c2nc(-c3ccccc3)nc(-c3cccc(-c4ccc5c6ccccc6c6oc7ccccc7c6c5c4)c3)n2)cc1. The number of fused-ring (bicyclic) bond motifs is 8. The molecule has 0 amide bonds. The molecule has 0 spiro atoms. The van der Waals surface area contributed by atoms with Gasteiger partial charge in [0.25, 0.3) is 0 Å². The van der Waals surface area contributed by atoms with E-state index in [-0.39, 0.29) is 0 Å². The summed E-state index contributed by atoms with van der Waals surface area (Å²) in [7, 11) is 0. The van der Waals surface area contributed by atoms with Crippen molar-refractivity contribution in [3.63, 3.8) is 0 Å². The second kappa shape index (κ2) is 10.2. The van der Waals surface area contributed by atoms with Crippen LogP contribution in [0.5, 0.6) is 0 Å². The van der Waals surface area contributed by atoms with Crippen LogP contribution in [0.1, 0.15) is 0 Å². The van der Waals surface area contributed by atoms with Gasteiger partial charge in [-0.1, -0.05) is 133 Å². The molecule has 9 aromatic rings. The molecule has 0 aliphatic rings. The summed E-state index contributed by atoms with van der Waals surface area (Å²) in [5.41, 5.74) is 6.87. The van der Waals surface area contributed by atoms with Gasteiger partial charge in [-0.2, -0.15) is 0 Å². The van der Waals surface area contributed by atoms with Gasteiger partial charge in [-0.15, -0.1) is 0 Å². The van der Waals surface area contributed by atoms with Crippen LogP contribution >= 0.6 is 0 Å². The van der Waals surface area contributed by atoms with Crippen molar-refractivity contribution in [2.24, 2.45) is 0 Å². The van der Waals surface area contributed by atoms with Gasteiger partial charge >= 0.3 is 0 Å². The van der Waals surface area contributed by atoms with Gasteiger partial charge in [0, 0.05) is 32.8 Å². The molecule has 210 valence electrons. The predicted octanol–water partition coefficient (Wildman–Crippen LogP) is 10.7. The molecule has 4 heteroatoms. The van der Waals surface area contributed by atoms with Crippen LogP contribution in [0, 0.1) is 0 Å². The lowest BCUT2D eigenvalue weighted by Gasteiger charge is -2.11. The molecule has 4 nitrogen and oxygen atoms in total. The molecular formula is C41H25N3O. The van der Waals surface area contributed by atoms with Crippen molar-refractivity contribution < 1.29 is 4.42 Å². The van der Waals surface area contributed by atoms with E-state index in [1.54, 1.807) is 0 Å². The Labute approximate surface area is 259 Å². The van der Waals surface area contributed by atoms with Crippen molar-refractivity contribution in [3.8, 4) is 45.3 Å². The lowest BCUT2D eigenvalue weighted by atomic mass is 9.93. The number of hydrogen-bond donors (Lipinski definition) is 0. The summed E-state index contributed by atoms with van der Waals surface area (Å²) in [5.74, 6) is 1.94. The van der Waals surface area contributed by atoms with Crippen LogP contribution in [0.3, 0.4) is 0 Å². The first kappa shape index (κ1) is 25.4. The third kappa shape index (κ3) is 4.27. The number of benzene rings is 7. The van der Waals surface area contributed by atoms with E-state index in [0.29, 0.717) is 17.5 Å². The van der Waals surface area contributed by atoms with E-state index in [4.69, 9.17) is 19.4 Å². The van der Waals surface area contributed by atoms with Crippen molar-refractivity contribution in [1.82, 2.24) is 15.0 Å². The third-order valence-corrected chi connectivity index (χ3v) is 8.50. The Morgan fingerprint density at radius 2 is 0.844 bits per heavy atom. The van der Waals surface area contributed by atoms with E-state index in [2.05, 4.69) is 78.9 Å².